The second kappa shape index (κ2) is 7.39. The maximum absolute atomic E-state index is 13.1. The zero-order valence-electron chi connectivity index (χ0n) is 15.2. The fraction of sp³-hybridized carbons (Fsp3) is 0.400. The molecule has 0 spiro atoms. The van der Waals surface area contributed by atoms with Crippen molar-refractivity contribution in [3.05, 3.63) is 48.5 Å². The number of benzene rings is 2. The number of ether oxygens (including phenoxy) is 1. The molecular weight excluding hydrogens is 350 g/mol. The molecule has 1 N–H and O–H groups in total. The molecule has 3 rings (SSSR count). The second-order valence-electron chi connectivity index (χ2n) is 7.10. The first-order chi connectivity index (χ1) is 12.4. The Morgan fingerprint density at radius 3 is 2.35 bits per heavy atom. The molecule has 1 fully saturated rings. The van der Waals surface area contributed by atoms with Crippen LogP contribution in [0.15, 0.2) is 53.4 Å². The SMILES string of the molecule is COc1ccc(S(=O)(=O)N2CCC(C)(CO)CC2)cc1-c1ccccc1. The Bertz CT molecular complexity index is 857. The molecule has 140 valence electrons. The number of piperidine rings is 1. The summed E-state index contributed by atoms with van der Waals surface area (Å²) < 4.78 is 33.1. The fourth-order valence-corrected chi connectivity index (χ4v) is 4.73. The van der Waals surface area contributed by atoms with Gasteiger partial charge in [0.05, 0.1) is 12.0 Å². The summed E-state index contributed by atoms with van der Waals surface area (Å²) >= 11 is 0. The van der Waals surface area contributed by atoms with Gasteiger partial charge in [0.2, 0.25) is 10.0 Å². The number of nitrogens with zero attached hydrogens (tertiary/aromatic N) is 1. The van der Waals surface area contributed by atoms with Crippen LogP contribution in [0.5, 0.6) is 5.75 Å². The molecule has 0 aliphatic carbocycles. The monoisotopic (exact) mass is 375 g/mol. The molecule has 1 aliphatic heterocycles. The number of rotatable bonds is 5. The smallest absolute Gasteiger partial charge is 0.243 e. The van der Waals surface area contributed by atoms with E-state index in [1.807, 2.05) is 37.3 Å². The van der Waals surface area contributed by atoms with Gasteiger partial charge in [-0.05, 0) is 42.0 Å². The van der Waals surface area contributed by atoms with Gasteiger partial charge in [0, 0.05) is 25.3 Å². The van der Waals surface area contributed by atoms with Crippen molar-refractivity contribution in [2.45, 2.75) is 24.7 Å². The number of hydrogen-bond donors (Lipinski definition) is 1. The van der Waals surface area contributed by atoms with E-state index in [1.54, 1.807) is 25.3 Å². The maximum atomic E-state index is 13.1. The van der Waals surface area contributed by atoms with E-state index in [-0.39, 0.29) is 16.9 Å². The average molecular weight is 375 g/mol. The van der Waals surface area contributed by atoms with Crippen molar-refractivity contribution < 1.29 is 18.3 Å². The maximum Gasteiger partial charge on any atom is 0.243 e. The highest BCUT2D eigenvalue weighted by molar-refractivity contribution is 7.89. The van der Waals surface area contributed by atoms with Crippen LogP contribution in [0.1, 0.15) is 19.8 Å². The number of sulfonamides is 1. The molecule has 0 saturated carbocycles. The highest BCUT2D eigenvalue weighted by Gasteiger charge is 2.35. The van der Waals surface area contributed by atoms with Gasteiger partial charge in [-0.3, -0.25) is 0 Å². The minimum atomic E-state index is -3.58. The largest absolute Gasteiger partial charge is 0.496 e. The summed E-state index contributed by atoms with van der Waals surface area (Å²) in [6.45, 7) is 2.93. The van der Waals surface area contributed by atoms with Gasteiger partial charge in [0.15, 0.2) is 0 Å². The summed E-state index contributed by atoms with van der Waals surface area (Å²) in [5.41, 5.74) is 1.47. The predicted octanol–water partition coefficient (Wildman–Crippen LogP) is 3.15. The molecule has 1 aliphatic rings. The van der Waals surface area contributed by atoms with Gasteiger partial charge in [-0.1, -0.05) is 37.3 Å². The molecule has 2 aromatic rings. The molecule has 6 heteroatoms. The Morgan fingerprint density at radius 1 is 1.12 bits per heavy atom. The van der Waals surface area contributed by atoms with E-state index in [0.717, 1.165) is 11.1 Å². The van der Waals surface area contributed by atoms with Crippen LogP contribution in [-0.4, -0.2) is 44.6 Å². The van der Waals surface area contributed by atoms with Crippen LogP contribution in [0.3, 0.4) is 0 Å². The third kappa shape index (κ3) is 3.63. The summed E-state index contributed by atoms with van der Waals surface area (Å²) in [5, 5.41) is 9.49. The minimum absolute atomic E-state index is 0.0849. The molecule has 2 aromatic carbocycles. The van der Waals surface area contributed by atoms with Crippen molar-refractivity contribution in [3.63, 3.8) is 0 Å². The van der Waals surface area contributed by atoms with Gasteiger partial charge in [-0.15, -0.1) is 0 Å². The third-order valence-electron chi connectivity index (χ3n) is 5.20. The number of aliphatic hydroxyl groups is 1. The summed E-state index contributed by atoms with van der Waals surface area (Å²) in [5.74, 6) is 0.640. The van der Waals surface area contributed by atoms with Gasteiger partial charge >= 0.3 is 0 Å². The Hall–Kier alpha value is -1.89. The molecule has 1 saturated heterocycles. The number of methoxy groups -OCH3 is 1. The molecule has 0 unspecified atom stereocenters. The average Bonchev–Trinajstić information content (AvgIpc) is 2.68. The fourth-order valence-electron chi connectivity index (χ4n) is 3.26. The van der Waals surface area contributed by atoms with E-state index in [9.17, 15) is 13.5 Å². The van der Waals surface area contributed by atoms with Gasteiger partial charge in [-0.2, -0.15) is 4.31 Å². The topological polar surface area (TPSA) is 66.8 Å². The molecule has 0 atom stereocenters. The lowest BCUT2D eigenvalue weighted by Crippen LogP contribution is -2.43. The quantitative estimate of drug-likeness (QED) is 0.872. The van der Waals surface area contributed by atoms with E-state index in [2.05, 4.69) is 0 Å². The summed E-state index contributed by atoms with van der Waals surface area (Å²) in [4.78, 5) is 0.268. The lowest BCUT2D eigenvalue weighted by molar-refractivity contribution is 0.0853. The normalized spacial score (nSPS) is 17.8. The van der Waals surface area contributed by atoms with Crippen molar-refractivity contribution in [1.82, 2.24) is 4.31 Å². The van der Waals surface area contributed by atoms with E-state index < -0.39 is 10.0 Å². The second-order valence-corrected chi connectivity index (χ2v) is 9.04. The molecule has 5 nitrogen and oxygen atoms in total. The van der Waals surface area contributed by atoms with Crippen molar-refractivity contribution in [1.29, 1.82) is 0 Å². The molecule has 0 bridgehead atoms. The zero-order chi connectivity index (χ0) is 18.8. The first-order valence-corrected chi connectivity index (χ1v) is 10.2. The first kappa shape index (κ1) is 18.9. The van der Waals surface area contributed by atoms with Gasteiger partial charge in [-0.25, -0.2) is 8.42 Å². The van der Waals surface area contributed by atoms with Crippen LogP contribution in [0.2, 0.25) is 0 Å². The Labute approximate surface area is 155 Å². The van der Waals surface area contributed by atoms with E-state index in [4.69, 9.17) is 4.74 Å². The molecule has 0 amide bonds. The van der Waals surface area contributed by atoms with Crippen LogP contribution >= 0.6 is 0 Å². The summed E-state index contributed by atoms with van der Waals surface area (Å²) in [6, 6.07) is 14.6. The summed E-state index contributed by atoms with van der Waals surface area (Å²) in [6.07, 6.45) is 1.31. The van der Waals surface area contributed by atoms with Gasteiger partial charge < -0.3 is 9.84 Å². The predicted molar refractivity (Wildman–Crippen MR) is 102 cm³/mol. The summed E-state index contributed by atoms with van der Waals surface area (Å²) in [7, 11) is -2.00. The lowest BCUT2D eigenvalue weighted by atomic mass is 9.82. The van der Waals surface area contributed by atoms with Crippen LogP contribution in [0.4, 0.5) is 0 Å². The molecule has 0 radical (unpaired) electrons. The Kier molecular flexibility index (Phi) is 5.37. The minimum Gasteiger partial charge on any atom is -0.496 e. The first-order valence-electron chi connectivity index (χ1n) is 8.74. The number of aliphatic hydroxyl groups excluding tert-OH is 1. The van der Waals surface area contributed by atoms with Crippen molar-refractivity contribution in [2.24, 2.45) is 5.41 Å². The standard InChI is InChI=1S/C20H25NO4S/c1-20(15-22)10-12-21(13-11-20)26(23,24)17-8-9-19(25-2)18(14-17)16-6-4-3-5-7-16/h3-9,14,22H,10-13,15H2,1-2H3. The van der Waals surface area contributed by atoms with Crippen LogP contribution in [0, 0.1) is 5.41 Å². The zero-order valence-corrected chi connectivity index (χ0v) is 16.0. The van der Waals surface area contributed by atoms with E-state index in [1.165, 1.54) is 4.31 Å². The van der Waals surface area contributed by atoms with Crippen LogP contribution in [-0.2, 0) is 10.0 Å². The molecule has 26 heavy (non-hydrogen) atoms. The molecule has 1 heterocycles. The number of hydrogen-bond acceptors (Lipinski definition) is 4. The van der Waals surface area contributed by atoms with Crippen LogP contribution in [0.25, 0.3) is 11.1 Å². The Balaban J connectivity index is 1.94. The van der Waals surface area contributed by atoms with E-state index in [0.29, 0.717) is 31.7 Å². The highest BCUT2D eigenvalue weighted by Crippen LogP contribution is 2.35. The third-order valence-corrected chi connectivity index (χ3v) is 7.10. The van der Waals surface area contributed by atoms with Gasteiger partial charge in [0.1, 0.15) is 5.75 Å². The van der Waals surface area contributed by atoms with Crippen molar-refractivity contribution in [3.8, 4) is 16.9 Å². The lowest BCUT2D eigenvalue weighted by Gasteiger charge is -2.37. The Morgan fingerprint density at radius 2 is 1.77 bits per heavy atom. The molecule has 0 aromatic heterocycles. The highest BCUT2D eigenvalue weighted by atomic mass is 32.2. The van der Waals surface area contributed by atoms with Crippen LogP contribution < -0.4 is 4.74 Å². The molecular formula is C20H25NO4S. The van der Waals surface area contributed by atoms with Crippen molar-refractivity contribution >= 4 is 10.0 Å². The van der Waals surface area contributed by atoms with Gasteiger partial charge in [0.25, 0.3) is 0 Å². The van der Waals surface area contributed by atoms with E-state index >= 15 is 0 Å². The van der Waals surface area contributed by atoms with Crippen molar-refractivity contribution in [2.75, 3.05) is 26.8 Å².